The number of aromatic nitrogens is 2. The van der Waals surface area contributed by atoms with Gasteiger partial charge in [-0.15, -0.1) is 0 Å². The molecule has 1 aliphatic heterocycles. The molecule has 19 heavy (non-hydrogen) atoms. The number of nitrogens with zero attached hydrogens (tertiary/aromatic N) is 2. The maximum Gasteiger partial charge on any atom is 0.153 e. The number of halogens is 1. The third-order valence-corrected chi connectivity index (χ3v) is 6.23. The molecule has 1 aliphatic rings. The van der Waals surface area contributed by atoms with E-state index < -0.39 is 9.84 Å². The molecule has 2 aromatic rings. The molecular formula is C13H15ClN2O2S. The van der Waals surface area contributed by atoms with Crippen molar-refractivity contribution in [3.63, 3.8) is 0 Å². The van der Waals surface area contributed by atoms with E-state index in [2.05, 4.69) is 4.98 Å². The van der Waals surface area contributed by atoms with Crippen molar-refractivity contribution in [2.75, 3.05) is 5.75 Å². The lowest BCUT2D eigenvalue weighted by Crippen LogP contribution is -2.30. The van der Waals surface area contributed by atoms with Crippen LogP contribution in [0.4, 0.5) is 0 Å². The van der Waals surface area contributed by atoms with E-state index in [-0.39, 0.29) is 5.25 Å². The molecule has 1 fully saturated rings. The monoisotopic (exact) mass is 298 g/mol. The second-order valence-corrected chi connectivity index (χ2v) is 7.79. The Morgan fingerprint density at radius 2 is 2.21 bits per heavy atom. The average molecular weight is 299 g/mol. The summed E-state index contributed by atoms with van der Waals surface area (Å²) in [7, 11) is -2.95. The summed E-state index contributed by atoms with van der Waals surface area (Å²) in [6, 6.07) is 5.49. The van der Waals surface area contributed by atoms with Crippen molar-refractivity contribution in [1.82, 2.24) is 9.38 Å². The zero-order valence-electron chi connectivity index (χ0n) is 10.4. The molecular weight excluding hydrogens is 284 g/mol. The molecule has 0 amide bonds. The molecule has 1 unspecified atom stereocenters. The predicted molar refractivity (Wildman–Crippen MR) is 75.3 cm³/mol. The SMILES string of the molecule is O=S1(=O)CCCCC1Cc1cn2c(Cl)cccc2n1. The van der Waals surface area contributed by atoms with Crippen molar-refractivity contribution in [2.45, 2.75) is 30.9 Å². The Kier molecular flexibility index (Phi) is 3.27. The number of rotatable bonds is 2. The van der Waals surface area contributed by atoms with Crippen LogP contribution in [0.15, 0.2) is 24.4 Å². The van der Waals surface area contributed by atoms with Gasteiger partial charge in [-0.05, 0) is 25.0 Å². The first-order valence-corrected chi connectivity index (χ1v) is 8.50. The summed E-state index contributed by atoms with van der Waals surface area (Å²) in [4.78, 5) is 4.45. The molecule has 0 radical (unpaired) electrons. The number of fused-ring (bicyclic) bond motifs is 1. The standard InChI is InChI=1S/C13H15ClN2O2S/c14-12-5-3-6-13-15-10(9-16(12)13)8-11-4-1-2-7-19(11,17)18/h3,5-6,9,11H,1-2,4,7-8H2. The molecule has 3 rings (SSSR count). The summed E-state index contributed by atoms with van der Waals surface area (Å²) in [6.45, 7) is 0. The molecule has 0 aromatic carbocycles. The molecule has 0 bridgehead atoms. The smallest absolute Gasteiger partial charge is 0.153 e. The highest BCUT2D eigenvalue weighted by atomic mass is 35.5. The van der Waals surface area contributed by atoms with Crippen LogP contribution in [0.2, 0.25) is 5.15 Å². The van der Waals surface area contributed by atoms with Gasteiger partial charge in [0.1, 0.15) is 10.8 Å². The van der Waals surface area contributed by atoms with Gasteiger partial charge in [0.25, 0.3) is 0 Å². The molecule has 3 heterocycles. The van der Waals surface area contributed by atoms with Gasteiger partial charge in [-0.1, -0.05) is 24.1 Å². The molecule has 0 aliphatic carbocycles. The van der Waals surface area contributed by atoms with Crippen LogP contribution in [0, 0.1) is 0 Å². The number of hydrogen-bond donors (Lipinski definition) is 0. The van der Waals surface area contributed by atoms with Gasteiger partial charge in [-0.25, -0.2) is 13.4 Å². The zero-order chi connectivity index (χ0) is 13.5. The lowest BCUT2D eigenvalue weighted by atomic mass is 10.1. The quantitative estimate of drug-likeness (QED) is 0.801. The van der Waals surface area contributed by atoms with Gasteiger partial charge >= 0.3 is 0 Å². The van der Waals surface area contributed by atoms with E-state index in [1.807, 2.05) is 18.3 Å². The predicted octanol–water partition coefficient (Wildman–Crippen LogP) is 2.50. The summed E-state index contributed by atoms with van der Waals surface area (Å²) in [5.41, 5.74) is 1.55. The van der Waals surface area contributed by atoms with Crippen LogP contribution in [0.3, 0.4) is 0 Å². The summed E-state index contributed by atoms with van der Waals surface area (Å²) in [6.07, 6.45) is 4.83. The Bertz CT molecular complexity index is 709. The highest BCUT2D eigenvalue weighted by molar-refractivity contribution is 7.92. The van der Waals surface area contributed by atoms with Crippen LogP contribution in [0.1, 0.15) is 25.0 Å². The van der Waals surface area contributed by atoms with Crippen LogP contribution in [0.5, 0.6) is 0 Å². The van der Waals surface area contributed by atoms with E-state index >= 15 is 0 Å². The van der Waals surface area contributed by atoms with E-state index in [9.17, 15) is 8.42 Å². The van der Waals surface area contributed by atoms with Gasteiger partial charge in [-0.2, -0.15) is 0 Å². The maximum atomic E-state index is 12.0. The molecule has 4 nitrogen and oxygen atoms in total. The summed E-state index contributed by atoms with van der Waals surface area (Å²) in [5.74, 6) is 0.311. The van der Waals surface area contributed by atoms with E-state index in [0.717, 1.165) is 30.6 Å². The lowest BCUT2D eigenvalue weighted by molar-refractivity contribution is 0.536. The highest BCUT2D eigenvalue weighted by Gasteiger charge is 2.29. The Labute approximate surface area is 117 Å². The Morgan fingerprint density at radius 1 is 1.37 bits per heavy atom. The van der Waals surface area contributed by atoms with Gasteiger partial charge in [0.2, 0.25) is 0 Å². The fraction of sp³-hybridized carbons (Fsp3) is 0.462. The van der Waals surface area contributed by atoms with Gasteiger partial charge in [-0.3, -0.25) is 4.40 Å². The number of hydrogen-bond acceptors (Lipinski definition) is 3. The molecule has 102 valence electrons. The normalized spacial score (nSPS) is 22.7. The van der Waals surface area contributed by atoms with Crippen molar-refractivity contribution in [2.24, 2.45) is 0 Å². The van der Waals surface area contributed by atoms with E-state index in [1.54, 1.807) is 10.5 Å². The van der Waals surface area contributed by atoms with E-state index in [1.165, 1.54) is 0 Å². The maximum absolute atomic E-state index is 12.0. The second-order valence-electron chi connectivity index (χ2n) is 5.00. The third kappa shape index (κ3) is 2.49. The lowest BCUT2D eigenvalue weighted by Gasteiger charge is -2.21. The van der Waals surface area contributed by atoms with Gasteiger partial charge in [0, 0.05) is 12.6 Å². The molecule has 0 saturated carbocycles. The number of imidazole rings is 1. The van der Waals surface area contributed by atoms with Crippen LogP contribution < -0.4 is 0 Å². The van der Waals surface area contributed by atoms with Crippen LogP contribution in [-0.2, 0) is 16.3 Å². The highest BCUT2D eigenvalue weighted by Crippen LogP contribution is 2.23. The largest absolute Gasteiger partial charge is 0.290 e. The molecule has 1 saturated heterocycles. The Morgan fingerprint density at radius 3 is 2.95 bits per heavy atom. The first-order valence-electron chi connectivity index (χ1n) is 6.40. The molecule has 0 N–H and O–H groups in total. The Balaban J connectivity index is 1.91. The molecule has 0 spiro atoms. The molecule has 6 heteroatoms. The molecule has 2 aromatic heterocycles. The minimum atomic E-state index is -2.95. The topological polar surface area (TPSA) is 51.4 Å². The van der Waals surface area contributed by atoms with E-state index in [0.29, 0.717) is 17.3 Å². The second kappa shape index (κ2) is 4.80. The van der Waals surface area contributed by atoms with Crippen molar-refractivity contribution >= 4 is 27.1 Å². The van der Waals surface area contributed by atoms with Crippen molar-refractivity contribution < 1.29 is 8.42 Å². The van der Waals surface area contributed by atoms with Crippen LogP contribution in [0.25, 0.3) is 5.65 Å². The summed E-state index contributed by atoms with van der Waals surface area (Å²) < 4.78 is 25.8. The Hall–Kier alpha value is -1.07. The summed E-state index contributed by atoms with van der Waals surface area (Å²) >= 11 is 6.07. The fourth-order valence-corrected chi connectivity index (χ4v) is 4.71. The van der Waals surface area contributed by atoms with Crippen molar-refractivity contribution in [1.29, 1.82) is 0 Å². The van der Waals surface area contributed by atoms with E-state index in [4.69, 9.17) is 11.6 Å². The number of sulfone groups is 1. The van der Waals surface area contributed by atoms with Gasteiger partial charge < -0.3 is 0 Å². The van der Waals surface area contributed by atoms with Crippen LogP contribution in [-0.4, -0.2) is 28.8 Å². The zero-order valence-corrected chi connectivity index (χ0v) is 12.0. The third-order valence-electron chi connectivity index (χ3n) is 3.64. The first kappa shape index (κ1) is 12.9. The minimum absolute atomic E-state index is 0.287. The first-order chi connectivity index (χ1) is 9.06. The minimum Gasteiger partial charge on any atom is -0.290 e. The average Bonchev–Trinajstić information content (AvgIpc) is 2.76. The van der Waals surface area contributed by atoms with Gasteiger partial charge in [0.15, 0.2) is 9.84 Å². The summed E-state index contributed by atoms with van der Waals surface area (Å²) in [5, 5.41) is 0.299. The van der Waals surface area contributed by atoms with Crippen molar-refractivity contribution in [3.8, 4) is 0 Å². The fourth-order valence-electron chi connectivity index (χ4n) is 2.61. The van der Waals surface area contributed by atoms with Crippen molar-refractivity contribution in [3.05, 3.63) is 35.2 Å². The molecule has 1 atom stereocenters. The number of pyridine rings is 1. The van der Waals surface area contributed by atoms with Gasteiger partial charge in [0.05, 0.1) is 16.7 Å². The van der Waals surface area contributed by atoms with Crippen LogP contribution >= 0.6 is 11.6 Å².